The number of hydrogen-bond donors (Lipinski definition) is 0. The summed E-state index contributed by atoms with van der Waals surface area (Å²) in [5.41, 5.74) is 2.86. The minimum absolute atomic E-state index is 0.0226. The number of aromatic nitrogens is 2. The van der Waals surface area contributed by atoms with Gasteiger partial charge in [-0.05, 0) is 47.2 Å². The zero-order chi connectivity index (χ0) is 19.9. The molecule has 1 unspecified atom stereocenters. The second-order valence-electron chi connectivity index (χ2n) is 8.28. The first-order chi connectivity index (χ1) is 13.3. The maximum atomic E-state index is 13.5. The molecule has 28 heavy (non-hydrogen) atoms. The predicted molar refractivity (Wildman–Crippen MR) is 111 cm³/mol. The number of sulfonamides is 1. The van der Waals surface area contributed by atoms with Gasteiger partial charge in [0.25, 0.3) is 10.0 Å². The summed E-state index contributed by atoms with van der Waals surface area (Å²) in [6.45, 7) is 6.71. The Hall–Kier alpha value is -2.60. The summed E-state index contributed by atoms with van der Waals surface area (Å²) in [5.74, 6) is 0. The van der Waals surface area contributed by atoms with E-state index < -0.39 is 10.0 Å². The average Bonchev–Trinajstić information content (AvgIpc) is 3.21. The number of anilines is 1. The van der Waals surface area contributed by atoms with Crippen molar-refractivity contribution in [1.82, 2.24) is 9.78 Å². The van der Waals surface area contributed by atoms with Gasteiger partial charge in [-0.2, -0.15) is 5.10 Å². The number of fused-ring (bicyclic) bond motifs is 1. The highest BCUT2D eigenvalue weighted by molar-refractivity contribution is 7.92. The fourth-order valence-electron chi connectivity index (χ4n) is 3.69. The number of benzene rings is 2. The minimum atomic E-state index is -3.67. The molecule has 146 valence electrons. The molecule has 5 nitrogen and oxygen atoms in total. The molecule has 0 N–H and O–H groups in total. The van der Waals surface area contributed by atoms with E-state index >= 15 is 0 Å². The van der Waals surface area contributed by atoms with Crippen LogP contribution in [0.2, 0.25) is 0 Å². The summed E-state index contributed by atoms with van der Waals surface area (Å²) in [5, 5.41) is 4.34. The lowest BCUT2D eigenvalue weighted by atomic mass is 9.87. The molecule has 0 spiro atoms. The first-order valence-electron chi connectivity index (χ1n) is 9.47. The van der Waals surface area contributed by atoms with Crippen molar-refractivity contribution in [2.24, 2.45) is 0 Å². The van der Waals surface area contributed by atoms with Gasteiger partial charge >= 0.3 is 0 Å². The molecule has 0 aliphatic carbocycles. The standard InChI is InChI=1S/C22H25N3O2S/c1-22(2,3)18-9-11-20(12-10-18)28(26,27)25-16-19(24-14-6-13-23-24)15-17-7-4-5-8-21(17)25/h4-14,19H,15-16H2,1-3H3. The Balaban J connectivity index is 1.75. The Kier molecular flexibility index (Phi) is 4.54. The lowest BCUT2D eigenvalue weighted by Gasteiger charge is -2.35. The van der Waals surface area contributed by atoms with Crippen molar-refractivity contribution in [2.45, 2.75) is 43.5 Å². The van der Waals surface area contributed by atoms with Gasteiger partial charge in [-0.25, -0.2) is 8.42 Å². The van der Waals surface area contributed by atoms with Crippen LogP contribution in [0.15, 0.2) is 71.9 Å². The Labute approximate surface area is 166 Å². The highest BCUT2D eigenvalue weighted by Gasteiger charge is 2.34. The normalized spacial score (nSPS) is 17.4. The van der Waals surface area contributed by atoms with Crippen LogP contribution in [0.3, 0.4) is 0 Å². The van der Waals surface area contributed by atoms with Gasteiger partial charge < -0.3 is 0 Å². The second kappa shape index (κ2) is 6.78. The Bertz CT molecular complexity index is 1070. The molecule has 2 aromatic carbocycles. The molecular weight excluding hydrogens is 370 g/mol. The van der Waals surface area contributed by atoms with Gasteiger partial charge in [-0.15, -0.1) is 0 Å². The predicted octanol–water partition coefficient (Wildman–Crippen LogP) is 4.17. The van der Waals surface area contributed by atoms with Crippen molar-refractivity contribution in [3.63, 3.8) is 0 Å². The molecule has 3 aromatic rings. The molecular formula is C22H25N3O2S. The molecule has 1 aromatic heterocycles. The number of nitrogens with zero attached hydrogens (tertiary/aromatic N) is 3. The zero-order valence-corrected chi connectivity index (χ0v) is 17.2. The van der Waals surface area contributed by atoms with Gasteiger partial charge in [-0.3, -0.25) is 8.99 Å². The van der Waals surface area contributed by atoms with Crippen LogP contribution in [0.5, 0.6) is 0 Å². The second-order valence-corrected chi connectivity index (χ2v) is 10.1. The molecule has 2 heterocycles. The van der Waals surface area contributed by atoms with Crippen LogP contribution in [0.25, 0.3) is 0 Å². The van der Waals surface area contributed by atoms with Crippen molar-refractivity contribution in [1.29, 1.82) is 0 Å². The van der Waals surface area contributed by atoms with E-state index in [0.717, 1.165) is 23.2 Å². The summed E-state index contributed by atoms with van der Waals surface area (Å²) in [6, 6.07) is 16.8. The van der Waals surface area contributed by atoms with Crippen LogP contribution in [-0.2, 0) is 21.9 Å². The van der Waals surface area contributed by atoms with Gasteiger partial charge in [-0.1, -0.05) is 51.1 Å². The van der Waals surface area contributed by atoms with E-state index in [0.29, 0.717) is 11.4 Å². The third kappa shape index (κ3) is 3.33. The topological polar surface area (TPSA) is 55.2 Å². The van der Waals surface area contributed by atoms with Gasteiger partial charge in [0.15, 0.2) is 0 Å². The fourth-order valence-corrected chi connectivity index (χ4v) is 5.23. The highest BCUT2D eigenvalue weighted by Crippen LogP contribution is 2.36. The van der Waals surface area contributed by atoms with Crippen molar-refractivity contribution in [3.05, 3.63) is 78.1 Å². The van der Waals surface area contributed by atoms with Crippen molar-refractivity contribution >= 4 is 15.7 Å². The van der Waals surface area contributed by atoms with Crippen molar-refractivity contribution in [2.75, 3.05) is 10.8 Å². The Morgan fingerprint density at radius 3 is 2.36 bits per heavy atom. The minimum Gasteiger partial charge on any atom is -0.268 e. The molecule has 1 aliphatic heterocycles. The molecule has 0 saturated heterocycles. The summed E-state index contributed by atoms with van der Waals surface area (Å²) in [7, 11) is -3.67. The third-order valence-electron chi connectivity index (χ3n) is 5.30. The number of rotatable bonds is 3. The number of hydrogen-bond acceptors (Lipinski definition) is 3. The maximum Gasteiger partial charge on any atom is 0.264 e. The first kappa shape index (κ1) is 18.7. The molecule has 0 saturated carbocycles. The van der Waals surface area contributed by atoms with Crippen LogP contribution >= 0.6 is 0 Å². The zero-order valence-electron chi connectivity index (χ0n) is 16.4. The molecule has 1 aliphatic rings. The van der Waals surface area contributed by atoms with E-state index in [1.807, 2.05) is 53.3 Å². The molecule has 0 amide bonds. The molecule has 0 bridgehead atoms. The Morgan fingerprint density at radius 1 is 1.00 bits per heavy atom. The SMILES string of the molecule is CC(C)(C)c1ccc(S(=O)(=O)N2CC(n3cccn3)Cc3ccccc32)cc1. The molecule has 0 fully saturated rings. The average molecular weight is 396 g/mol. The van der Waals surface area contributed by atoms with Crippen LogP contribution in [0.1, 0.15) is 37.9 Å². The van der Waals surface area contributed by atoms with Crippen LogP contribution in [0.4, 0.5) is 5.69 Å². The van der Waals surface area contributed by atoms with Gasteiger partial charge in [0.2, 0.25) is 0 Å². The number of para-hydroxylation sites is 1. The quantitative estimate of drug-likeness (QED) is 0.669. The molecule has 6 heteroatoms. The first-order valence-corrected chi connectivity index (χ1v) is 10.9. The monoisotopic (exact) mass is 395 g/mol. The van der Waals surface area contributed by atoms with Gasteiger partial charge in [0.1, 0.15) is 0 Å². The fraction of sp³-hybridized carbons (Fsp3) is 0.318. The van der Waals surface area contributed by atoms with E-state index in [1.165, 1.54) is 4.31 Å². The van der Waals surface area contributed by atoms with Crippen molar-refractivity contribution < 1.29 is 8.42 Å². The molecule has 0 radical (unpaired) electrons. The molecule has 1 atom stereocenters. The van der Waals surface area contributed by atoms with E-state index in [4.69, 9.17) is 0 Å². The Morgan fingerprint density at radius 2 is 1.71 bits per heavy atom. The van der Waals surface area contributed by atoms with Crippen LogP contribution in [0, 0.1) is 0 Å². The summed E-state index contributed by atoms with van der Waals surface area (Å²) < 4.78 is 30.4. The van der Waals surface area contributed by atoms with Crippen LogP contribution < -0.4 is 4.31 Å². The van der Waals surface area contributed by atoms with E-state index in [1.54, 1.807) is 18.3 Å². The summed E-state index contributed by atoms with van der Waals surface area (Å²) in [4.78, 5) is 0.316. The largest absolute Gasteiger partial charge is 0.268 e. The third-order valence-corrected chi connectivity index (χ3v) is 7.09. The highest BCUT2D eigenvalue weighted by atomic mass is 32.2. The van der Waals surface area contributed by atoms with E-state index in [-0.39, 0.29) is 11.5 Å². The maximum absolute atomic E-state index is 13.5. The van der Waals surface area contributed by atoms with E-state index in [9.17, 15) is 8.42 Å². The summed E-state index contributed by atoms with van der Waals surface area (Å²) in [6.07, 6.45) is 4.37. The summed E-state index contributed by atoms with van der Waals surface area (Å²) >= 11 is 0. The lowest BCUT2D eigenvalue weighted by Crippen LogP contribution is -2.41. The van der Waals surface area contributed by atoms with Gasteiger partial charge in [0.05, 0.1) is 23.2 Å². The smallest absolute Gasteiger partial charge is 0.264 e. The van der Waals surface area contributed by atoms with Crippen LogP contribution in [-0.4, -0.2) is 24.7 Å². The van der Waals surface area contributed by atoms with E-state index in [2.05, 4.69) is 25.9 Å². The van der Waals surface area contributed by atoms with Gasteiger partial charge in [0, 0.05) is 12.4 Å². The van der Waals surface area contributed by atoms with Crippen molar-refractivity contribution in [3.8, 4) is 0 Å². The lowest BCUT2D eigenvalue weighted by molar-refractivity contribution is 0.446. The molecule has 4 rings (SSSR count).